The van der Waals surface area contributed by atoms with E-state index in [1.54, 1.807) is 29.2 Å². The minimum absolute atomic E-state index is 0.0926. The maximum Gasteiger partial charge on any atom is 0.321 e. The van der Waals surface area contributed by atoms with Gasteiger partial charge < -0.3 is 15.5 Å². The molecule has 1 saturated heterocycles. The molecule has 0 aromatic heterocycles. The second-order valence-electron chi connectivity index (χ2n) is 7.83. The molecule has 1 saturated carbocycles. The van der Waals surface area contributed by atoms with Crippen LogP contribution in [0.4, 0.5) is 10.5 Å². The van der Waals surface area contributed by atoms with Gasteiger partial charge >= 0.3 is 6.03 Å². The van der Waals surface area contributed by atoms with Gasteiger partial charge in [-0.2, -0.15) is 5.26 Å². The van der Waals surface area contributed by atoms with E-state index in [2.05, 4.69) is 21.6 Å². The normalized spacial score (nSPS) is 16.6. The predicted molar refractivity (Wildman–Crippen MR) is 114 cm³/mol. The SMILES string of the molecule is N#Cc1ccc(CN2CCN(C(=O)Nc3cccc(C(=O)NC4CC4)c3)CC2)cc1. The highest BCUT2D eigenvalue weighted by Gasteiger charge is 2.24. The maximum absolute atomic E-state index is 12.6. The van der Waals surface area contributed by atoms with Gasteiger partial charge in [-0.1, -0.05) is 18.2 Å². The van der Waals surface area contributed by atoms with Crippen molar-refractivity contribution in [2.75, 3.05) is 31.5 Å². The Morgan fingerprint density at radius 1 is 1.03 bits per heavy atom. The predicted octanol–water partition coefficient (Wildman–Crippen LogP) is 2.80. The Bertz CT molecular complexity index is 954. The number of nitrogens with one attached hydrogen (secondary N) is 2. The van der Waals surface area contributed by atoms with Crippen LogP contribution in [0.5, 0.6) is 0 Å². The molecule has 4 rings (SSSR count). The summed E-state index contributed by atoms with van der Waals surface area (Å²) in [4.78, 5) is 28.9. The molecule has 0 radical (unpaired) electrons. The van der Waals surface area contributed by atoms with Crippen LogP contribution in [-0.4, -0.2) is 54.0 Å². The molecule has 1 heterocycles. The van der Waals surface area contributed by atoms with E-state index in [4.69, 9.17) is 5.26 Å². The second-order valence-corrected chi connectivity index (χ2v) is 7.83. The first-order valence-corrected chi connectivity index (χ1v) is 10.3. The van der Waals surface area contributed by atoms with Crippen molar-refractivity contribution in [1.29, 1.82) is 5.26 Å². The number of anilines is 1. The van der Waals surface area contributed by atoms with Gasteiger partial charge in [0, 0.05) is 50.0 Å². The fraction of sp³-hybridized carbons (Fsp3) is 0.348. The van der Waals surface area contributed by atoms with Crippen molar-refractivity contribution < 1.29 is 9.59 Å². The minimum atomic E-state index is -0.146. The Balaban J connectivity index is 1.27. The Hall–Kier alpha value is -3.37. The van der Waals surface area contributed by atoms with Crippen LogP contribution in [0.3, 0.4) is 0 Å². The molecule has 2 aromatic carbocycles. The van der Waals surface area contributed by atoms with E-state index < -0.39 is 0 Å². The molecule has 30 heavy (non-hydrogen) atoms. The Morgan fingerprint density at radius 3 is 2.43 bits per heavy atom. The summed E-state index contributed by atoms with van der Waals surface area (Å²) in [5.41, 5.74) is 3.01. The summed E-state index contributed by atoms with van der Waals surface area (Å²) in [7, 11) is 0. The average Bonchev–Trinajstić information content (AvgIpc) is 3.59. The summed E-state index contributed by atoms with van der Waals surface area (Å²) < 4.78 is 0. The van der Waals surface area contributed by atoms with Crippen molar-refractivity contribution >= 4 is 17.6 Å². The zero-order valence-electron chi connectivity index (χ0n) is 16.8. The average molecular weight is 403 g/mol. The van der Waals surface area contributed by atoms with Crippen LogP contribution in [0.2, 0.25) is 0 Å². The van der Waals surface area contributed by atoms with E-state index in [9.17, 15) is 9.59 Å². The van der Waals surface area contributed by atoms with Crippen LogP contribution in [-0.2, 0) is 6.54 Å². The van der Waals surface area contributed by atoms with E-state index in [-0.39, 0.29) is 11.9 Å². The van der Waals surface area contributed by atoms with E-state index >= 15 is 0 Å². The van der Waals surface area contributed by atoms with Gasteiger partial charge in [0.1, 0.15) is 0 Å². The lowest BCUT2D eigenvalue weighted by atomic mass is 10.1. The number of rotatable bonds is 5. The van der Waals surface area contributed by atoms with Crippen LogP contribution in [0.15, 0.2) is 48.5 Å². The van der Waals surface area contributed by atoms with Crippen molar-refractivity contribution in [2.24, 2.45) is 0 Å². The van der Waals surface area contributed by atoms with Crippen molar-refractivity contribution in [2.45, 2.75) is 25.4 Å². The molecule has 0 bridgehead atoms. The molecule has 3 amide bonds. The second kappa shape index (κ2) is 8.97. The Kier molecular flexibility index (Phi) is 5.96. The highest BCUT2D eigenvalue weighted by molar-refractivity contribution is 5.97. The number of benzene rings is 2. The van der Waals surface area contributed by atoms with Crippen LogP contribution >= 0.6 is 0 Å². The summed E-state index contributed by atoms with van der Waals surface area (Å²) in [5.74, 6) is -0.0926. The number of nitriles is 1. The van der Waals surface area contributed by atoms with Gasteiger partial charge in [-0.25, -0.2) is 4.79 Å². The van der Waals surface area contributed by atoms with Gasteiger partial charge in [0.15, 0.2) is 0 Å². The fourth-order valence-electron chi connectivity index (χ4n) is 3.49. The molecular weight excluding hydrogens is 378 g/mol. The van der Waals surface area contributed by atoms with Gasteiger partial charge in [0.05, 0.1) is 11.6 Å². The Labute approximate surface area is 176 Å². The molecule has 0 spiro atoms. The molecule has 1 aliphatic heterocycles. The van der Waals surface area contributed by atoms with Crippen LogP contribution in [0.25, 0.3) is 0 Å². The molecule has 2 N–H and O–H groups in total. The summed E-state index contributed by atoms with van der Waals surface area (Å²) in [6.07, 6.45) is 2.08. The largest absolute Gasteiger partial charge is 0.349 e. The number of amides is 3. The number of piperazine rings is 1. The number of nitrogens with zero attached hydrogens (tertiary/aromatic N) is 3. The van der Waals surface area contributed by atoms with Gasteiger partial charge in [-0.3, -0.25) is 9.69 Å². The standard InChI is InChI=1S/C23H25N5O2/c24-15-17-4-6-18(7-5-17)16-27-10-12-28(13-11-27)23(30)26-21-3-1-2-19(14-21)22(29)25-20-8-9-20/h1-7,14,20H,8-13,16H2,(H,25,29)(H,26,30). The Morgan fingerprint density at radius 2 is 1.77 bits per heavy atom. The van der Waals surface area contributed by atoms with Crippen LogP contribution in [0, 0.1) is 11.3 Å². The van der Waals surface area contributed by atoms with Gasteiger partial charge in [-0.05, 0) is 48.7 Å². The smallest absolute Gasteiger partial charge is 0.321 e. The molecule has 154 valence electrons. The quantitative estimate of drug-likeness (QED) is 0.804. The number of carbonyl (C=O) groups is 2. The van der Waals surface area contributed by atoms with E-state index in [0.29, 0.717) is 35.9 Å². The lowest BCUT2D eigenvalue weighted by Gasteiger charge is -2.34. The first kappa shape index (κ1) is 19.9. The van der Waals surface area contributed by atoms with Gasteiger partial charge in [0.25, 0.3) is 5.91 Å². The first-order valence-electron chi connectivity index (χ1n) is 10.3. The maximum atomic E-state index is 12.6. The van der Waals surface area contributed by atoms with Gasteiger partial charge in [0.2, 0.25) is 0 Å². The first-order chi connectivity index (χ1) is 14.6. The summed E-state index contributed by atoms with van der Waals surface area (Å²) in [6, 6.07) is 17.0. The van der Waals surface area contributed by atoms with E-state index in [0.717, 1.165) is 38.0 Å². The topological polar surface area (TPSA) is 88.5 Å². The molecule has 2 fully saturated rings. The summed E-state index contributed by atoms with van der Waals surface area (Å²) in [6.45, 7) is 3.67. The zero-order chi connectivity index (χ0) is 20.9. The minimum Gasteiger partial charge on any atom is -0.349 e. The molecule has 0 atom stereocenters. The highest BCUT2D eigenvalue weighted by Crippen LogP contribution is 2.20. The third kappa shape index (κ3) is 5.16. The highest BCUT2D eigenvalue weighted by atomic mass is 16.2. The zero-order valence-corrected chi connectivity index (χ0v) is 16.8. The van der Waals surface area contributed by atoms with Crippen molar-refractivity contribution in [3.63, 3.8) is 0 Å². The summed E-state index contributed by atoms with van der Waals surface area (Å²) >= 11 is 0. The summed E-state index contributed by atoms with van der Waals surface area (Å²) in [5, 5.41) is 14.8. The molecule has 2 aliphatic rings. The lowest BCUT2D eigenvalue weighted by Crippen LogP contribution is -2.49. The molecule has 7 heteroatoms. The number of urea groups is 1. The molecule has 1 aliphatic carbocycles. The fourth-order valence-corrected chi connectivity index (χ4v) is 3.49. The number of hydrogen-bond donors (Lipinski definition) is 2. The van der Waals surface area contributed by atoms with E-state index in [1.807, 2.05) is 24.3 Å². The number of hydrogen-bond acceptors (Lipinski definition) is 4. The third-order valence-corrected chi connectivity index (χ3v) is 5.44. The van der Waals surface area contributed by atoms with Crippen LogP contribution < -0.4 is 10.6 Å². The monoisotopic (exact) mass is 403 g/mol. The van der Waals surface area contributed by atoms with Crippen molar-refractivity contribution in [1.82, 2.24) is 15.1 Å². The van der Waals surface area contributed by atoms with E-state index in [1.165, 1.54) is 0 Å². The molecular formula is C23H25N5O2. The van der Waals surface area contributed by atoms with Gasteiger partial charge in [-0.15, -0.1) is 0 Å². The molecule has 0 unspecified atom stereocenters. The van der Waals surface area contributed by atoms with Crippen LogP contribution in [0.1, 0.15) is 34.3 Å². The van der Waals surface area contributed by atoms with Crippen molar-refractivity contribution in [3.05, 3.63) is 65.2 Å². The molecule has 2 aromatic rings. The third-order valence-electron chi connectivity index (χ3n) is 5.44. The molecule has 7 nitrogen and oxygen atoms in total. The number of carbonyl (C=O) groups excluding carboxylic acids is 2. The lowest BCUT2D eigenvalue weighted by molar-refractivity contribution is 0.0951. The van der Waals surface area contributed by atoms with Crippen molar-refractivity contribution in [3.8, 4) is 6.07 Å².